The average molecular weight is 588 g/mol. The fraction of sp³-hybridized carbons (Fsp3) is 0.353. The number of nitrogens with zero attached hydrogens (tertiary/aromatic N) is 6. The Morgan fingerprint density at radius 3 is 2.82 bits per heavy atom. The van der Waals surface area contributed by atoms with Gasteiger partial charge in [-0.25, -0.2) is 4.39 Å². The van der Waals surface area contributed by atoms with Crippen molar-refractivity contribution in [3.8, 4) is 41.4 Å². The molecule has 3 saturated heterocycles. The van der Waals surface area contributed by atoms with Gasteiger partial charge in [-0.3, -0.25) is 15.2 Å². The van der Waals surface area contributed by atoms with Crippen LogP contribution >= 0.6 is 0 Å². The topological polar surface area (TPSA) is 110 Å². The molecule has 10 heteroatoms. The van der Waals surface area contributed by atoms with Gasteiger partial charge in [0.1, 0.15) is 29.4 Å². The molecule has 2 atom stereocenters. The number of halogens is 1. The lowest BCUT2D eigenvalue weighted by atomic mass is 9.95. The first-order valence-electron chi connectivity index (χ1n) is 15.1. The molecular weight excluding hydrogens is 557 g/mol. The van der Waals surface area contributed by atoms with Crippen molar-refractivity contribution in [3.05, 3.63) is 59.6 Å². The van der Waals surface area contributed by atoms with Crippen molar-refractivity contribution >= 4 is 27.5 Å². The first kappa shape index (κ1) is 26.8. The minimum atomic E-state index is -0.648. The van der Waals surface area contributed by atoms with Crippen molar-refractivity contribution in [1.29, 1.82) is 5.26 Å². The molecule has 2 aromatic heterocycles. The Morgan fingerprint density at radius 1 is 1.18 bits per heavy atom. The molecule has 8 rings (SSSR count). The van der Waals surface area contributed by atoms with E-state index in [0.29, 0.717) is 58.4 Å². The molecule has 0 saturated carbocycles. The van der Waals surface area contributed by atoms with Crippen LogP contribution in [0.4, 0.5) is 10.2 Å². The number of rotatable bonds is 5. The van der Waals surface area contributed by atoms with Gasteiger partial charge in [0.15, 0.2) is 5.82 Å². The van der Waals surface area contributed by atoms with E-state index in [1.165, 1.54) is 6.07 Å². The van der Waals surface area contributed by atoms with Crippen LogP contribution in [0.1, 0.15) is 31.2 Å². The summed E-state index contributed by atoms with van der Waals surface area (Å²) in [4.78, 5) is 18.6. The number of terminal acetylenes is 1. The van der Waals surface area contributed by atoms with Gasteiger partial charge in [0.05, 0.1) is 23.0 Å². The number of nitrogens with one attached hydrogen (secondary N) is 1. The van der Waals surface area contributed by atoms with E-state index in [0.717, 1.165) is 38.8 Å². The fourth-order valence-corrected chi connectivity index (χ4v) is 7.70. The van der Waals surface area contributed by atoms with Gasteiger partial charge in [-0.2, -0.15) is 15.2 Å². The highest BCUT2D eigenvalue weighted by Gasteiger charge is 2.45. The van der Waals surface area contributed by atoms with Crippen LogP contribution in [0.2, 0.25) is 0 Å². The minimum Gasteiger partial charge on any atom is -0.508 e. The minimum absolute atomic E-state index is 0.0237. The van der Waals surface area contributed by atoms with Crippen LogP contribution in [0.3, 0.4) is 0 Å². The first-order valence-corrected chi connectivity index (χ1v) is 15.1. The number of aromatic hydroxyl groups is 1. The van der Waals surface area contributed by atoms with E-state index >= 15 is 4.39 Å². The molecular formula is C34H30FN7O2. The van der Waals surface area contributed by atoms with Crippen LogP contribution < -0.4 is 15.0 Å². The highest BCUT2D eigenvalue weighted by Crippen LogP contribution is 2.41. The third-order valence-corrected chi connectivity index (χ3v) is 9.72. The Balaban J connectivity index is 1.27. The molecule has 0 aliphatic carbocycles. The molecule has 44 heavy (non-hydrogen) atoms. The van der Waals surface area contributed by atoms with Crippen LogP contribution in [0.25, 0.3) is 32.9 Å². The highest BCUT2D eigenvalue weighted by atomic mass is 19.1. The summed E-state index contributed by atoms with van der Waals surface area (Å²) in [5.41, 5.74) is 1.72. The van der Waals surface area contributed by atoms with Crippen molar-refractivity contribution in [1.82, 2.24) is 25.2 Å². The smallest absolute Gasteiger partial charge is 0.319 e. The zero-order valence-corrected chi connectivity index (χ0v) is 24.1. The molecule has 6 heterocycles. The Hall–Kier alpha value is -4.77. The van der Waals surface area contributed by atoms with E-state index in [1.807, 2.05) is 12.1 Å². The number of hydrogen-bond donors (Lipinski definition) is 2. The van der Waals surface area contributed by atoms with Crippen molar-refractivity contribution < 1.29 is 14.2 Å². The SMILES string of the molecule is C#Cc1cccc2cc(O)cc(-c3ncc4c(N5CC6C=C(C#N)C(C5)N6)nc(OCC56CCCN5CCC6)nc4c3F)c12. The molecule has 0 spiro atoms. The van der Waals surface area contributed by atoms with Gasteiger partial charge in [-0.1, -0.05) is 24.1 Å². The van der Waals surface area contributed by atoms with Crippen molar-refractivity contribution in [3.63, 3.8) is 0 Å². The van der Waals surface area contributed by atoms with Crippen molar-refractivity contribution in [2.75, 3.05) is 37.7 Å². The number of aromatic nitrogens is 3. The lowest BCUT2D eigenvalue weighted by Crippen LogP contribution is -2.52. The average Bonchev–Trinajstić information content (AvgIpc) is 3.70. The van der Waals surface area contributed by atoms with Gasteiger partial charge in [0, 0.05) is 47.4 Å². The van der Waals surface area contributed by atoms with Crippen LogP contribution in [0.15, 0.2) is 48.2 Å². The maximum Gasteiger partial charge on any atom is 0.319 e. The number of fused-ring (bicyclic) bond motifs is 5. The number of phenolic OH excluding ortho intramolecular Hbond substituents is 1. The second-order valence-electron chi connectivity index (χ2n) is 12.2. The Bertz CT molecular complexity index is 1950. The zero-order valence-electron chi connectivity index (χ0n) is 24.1. The predicted octanol–water partition coefficient (Wildman–Crippen LogP) is 4.29. The van der Waals surface area contributed by atoms with Crippen LogP contribution in [-0.2, 0) is 0 Å². The first-order chi connectivity index (χ1) is 21.5. The molecule has 2 aromatic carbocycles. The van der Waals surface area contributed by atoms with Gasteiger partial charge < -0.3 is 14.7 Å². The number of phenols is 1. The molecule has 3 fully saturated rings. The van der Waals surface area contributed by atoms with Crippen LogP contribution in [0, 0.1) is 29.5 Å². The predicted molar refractivity (Wildman–Crippen MR) is 165 cm³/mol. The summed E-state index contributed by atoms with van der Waals surface area (Å²) in [6.45, 7) is 3.60. The zero-order chi connectivity index (χ0) is 30.0. The number of pyridine rings is 1. The second kappa shape index (κ2) is 10.2. The monoisotopic (exact) mass is 587 g/mol. The summed E-state index contributed by atoms with van der Waals surface area (Å²) < 4.78 is 23.1. The van der Waals surface area contributed by atoms with E-state index in [1.54, 1.807) is 24.4 Å². The third kappa shape index (κ3) is 4.17. The van der Waals surface area contributed by atoms with E-state index in [2.05, 4.69) is 37.1 Å². The number of piperazine rings is 1. The largest absolute Gasteiger partial charge is 0.508 e. The molecule has 220 valence electrons. The highest BCUT2D eigenvalue weighted by molar-refractivity contribution is 6.02. The summed E-state index contributed by atoms with van der Waals surface area (Å²) in [7, 11) is 0. The Morgan fingerprint density at radius 2 is 2.02 bits per heavy atom. The maximum absolute atomic E-state index is 16.8. The number of ether oxygens (including phenoxy) is 1. The van der Waals surface area contributed by atoms with Crippen LogP contribution in [0.5, 0.6) is 11.8 Å². The van der Waals surface area contributed by atoms with Crippen molar-refractivity contribution in [2.45, 2.75) is 43.3 Å². The Labute approximate surface area is 254 Å². The number of nitriles is 1. The molecule has 4 aliphatic rings. The normalized spacial score (nSPS) is 22.2. The Kier molecular flexibility index (Phi) is 6.19. The molecule has 2 bridgehead atoms. The number of benzene rings is 2. The maximum atomic E-state index is 16.8. The summed E-state index contributed by atoms with van der Waals surface area (Å²) in [6.07, 6.45) is 13.7. The van der Waals surface area contributed by atoms with Gasteiger partial charge in [0.2, 0.25) is 0 Å². The summed E-state index contributed by atoms with van der Waals surface area (Å²) in [5.74, 6) is 2.53. The van der Waals surface area contributed by atoms with Crippen LogP contribution in [-0.4, -0.2) is 75.4 Å². The molecule has 4 aromatic rings. The lowest BCUT2D eigenvalue weighted by Gasteiger charge is -2.35. The van der Waals surface area contributed by atoms with Gasteiger partial charge in [-0.15, -0.1) is 6.42 Å². The number of hydrogen-bond acceptors (Lipinski definition) is 9. The fourth-order valence-electron chi connectivity index (χ4n) is 7.70. The summed E-state index contributed by atoms with van der Waals surface area (Å²) >= 11 is 0. The third-order valence-electron chi connectivity index (χ3n) is 9.72. The molecule has 2 unspecified atom stereocenters. The van der Waals surface area contributed by atoms with E-state index < -0.39 is 5.82 Å². The van der Waals surface area contributed by atoms with Gasteiger partial charge in [-0.05, 0) is 62.4 Å². The van der Waals surface area contributed by atoms with E-state index in [4.69, 9.17) is 16.1 Å². The number of anilines is 1. The quantitative estimate of drug-likeness (QED) is 0.331. The molecule has 4 aliphatic heterocycles. The van der Waals surface area contributed by atoms with E-state index in [-0.39, 0.29) is 40.6 Å². The van der Waals surface area contributed by atoms with E-state index in [9.17, 15) is 10.4 Å². The standard InChI is InChI=1S/C34H30FN7O2/c1-2-20-6-3-7-21-13-24(43)14-25(28(20)21)30-29(35)31-26(16-37-30)32(41-17-23-12-22(15-36)27(18-41)38-23)40-33(39-31)44-19-34-8-4-10-42(34)11-5-9-34/h1,3,6-7,12-14,16,23,27,38,43H,4-5,8-11,17-19H2. The van der Waals surface area contributed by atoms with Crippen molar-refractivity contribution in [2.24, 2.45) is 0 Å². The van der Waals surface area contributed by atoms with Gasteiger partial charge in [0.25, 0.3) is 0 Å². The van der Waals surface area contributed by atoms with Gasteiger partial charge >= 0.3 is 6.01 Å². The summed E-state index contributed by atoms with van der Waals surface area (Å²) in [6, 6.07) is 10.7. The molecule has 9 nitrogen and oxygen atoms in total. The molecule has 2 N–H and O–H groups in total. The summed E-state index contributed by atoms with van der Waals surface area (Å²) in [5, 5.41) is 25.4. The second-order valence-corrected chi connectivity index (χ2v) is 12.2. The molecule has 0 radical (unpaired) electrons. The lowest BCUT2D eigenvalue weighted by molar-refractivity contribution is 0.108. The molecule has 0 amide bonds.